The Balaban J connectivity index is 3.60. The highest BCUT2D eigenvalue weighted by Crippen LogP contribution is 1.55. The van der Waals surface area contributed by atoms with Gasteiger partial charge in [0.1, 0.15) is 0 Å². The summed E-state index contributed by atoms with van der Waals surface area (Å²) in [6.45, 7) is 0. The second kappa shape index (κ2) is 3.00. The highest BCUT2D eigenvalue weighted by atomic mass is 33.1. The van der Waals surface area contributed by atoms with Gasteiger partial charge in [-0.2, -0.15) is 0 Å². The van der Waals surface area contributed by atoms with Crippen LogP contribution in [-0.4, -0.2) is 12.5 Å². The number of hydrogen-bond acceptors (Lipinski definition) is 1. The van der Waals surface area contributed by atoms with Crippen molar-refractivity contribution < 1.29 is 0 Å². The van der Waals surface area contributed by atoms with Crippen molar-refractivity contribution in [1.29, 1.82) is 0 Å². The molecule has 0 atom stereocenters. The maximum atomic E-state index is 4.60. The van der Waals surface area contributed by atoms with Crippen molar-refractivity contribution >= 4 is 29.5 Å². The molecular formula is C2H6S3. The van der Waals surface area contributed by atoms with E-state index in [4.69, 9.17) is 0 Å². The van der Waals surface area contributed by atoms with Gasteiger partial charge in [-0.3, -0.25) is 0 Å². The lowest BCUT2D eigenvalue weighted by Gasteiger charge is -1.69. The standard InChI is InChI=1S/C2H6S3/c1-5(2)4-3/h1-2H3. The van der Waals surface area contributed by atoms with Gasteiger partial charge in [0.15, 0.2) is 0 Å². The molecule has 0 amide bonds. The molecular weight excluding hydrogens is 120 g/mol. The summed E-state index contributed by atoms with van der Waals surface area (Å²) in [5.74, 6) is 0. The van der Waals surface area contributed by atoms with Crippen LogP contribution in [0.2, 0.25) is 0 Å². The summed E-state index contributed by atoms with van der Waals surface area (Å²) < 4.78 is 0. The molecule has 0 bridgehead atoms. The van der Waals surface area contributed by atoms with Crippen molar-refractivity contribution in [1.82, 2.24) is 0 Å². The summed E-state index contributed by atoms with van der Waals surface area (Å²) >= 11 is 4.60. The van der Waals surface area contributed by atoms with Crippen LogP contribution in [0.3, 0.4) is 0 Å². The molecule has 0 N–H and O–H groups in total. The molecule has 0 spiro atoms. The van der Waals surface area contributed by atoms with E-state index in [0.29, 0.717) is 9.45 Å². The lowest BCUT2D eigenvalue weighted by atomic mass is 11.9. The van der Waals surface area contributed by atoms with E-state index >= 15 is 0 Å². The largest absolute Gasteiger partial charge is 0.128 e. The molecule has 0 saturated carbocycles. The van der Waals surface area contributed by atoms with Crippen molar-refractivity contribution in [2.75, 3.05) is 12.5 Å². The van der Waals surface area contributed by atoms with Crippen molar-refractivity contribution in [3.63, 3.8) is 0 Å². The molecule has 0 aromatic rings. The van der Waals surface area contributed by atoms with Gasteiger partial charge in [-0.25, -0.2) is 0 Å². The minimum Gasteiger partial charge on any atom is -0.128 e. The van der Waals surface area contributed by atoms with E-state index in [-0.39, 0.29) is 0 Å². The van der Waals surface area contributed by atoms with Gasteiger partial charge in [0, 0.05) is 0 Å². The molecule has 0 unspecified atom stereocenters. The summed E-state index contributed by atoms with van der Waals surface area (Å²) in [5, 5.41) is 0. The molecule has 0 saturated heterocycles. The van der Waals surface area contributed by atoms with E-state index in [1.54, 1.807) is 0 Å². The maximum Gasteiger partial charge on any atom is -0.00573 e. The third kappa shape index (κ3) is 4.79. The first kappa shape index (κ1) is 5.79. The third-order valence-electron chi connectivity index (χ3n) is 0.136. The predicted molar refractivity (Wildman–Crippen MR) is 33.9 cm³/mol. The molecule has 32 valence electrons. The third-order valence-corrected chi connectivity index (χ3v) is 3.67. The molecule has 0 nitrogen and oxygen atoms in total. The predicted octanol–water partition coefficient (Wildman–Crippen LogP) is 0.324. The Morgan fingerprint density at radius 1 is 1.60 bits per heavy atom. The fraction of sp³-hybridized carbons (Fsp3) is 1.00. The van der Waals surface area contributed by atoms with Gasteiger partial charge in [0.2, 0.25) is 0 Å². The zero-order valence-corrected chi connectivity index (χ0v) is 5.67. The minimum atomic E-state index is 0.409. The number of hydrogen-bond donors (Lipinski definition) is 0. The van der Waals surface area contributed by atoms with Gasteiger partial charge in [0.05, 0.1) is 0 Å². The smallest absolute Gasteiger partial charge is 0.00573 e. The topological polar surface area (TPSA) is 0 Å². The summed E-state index contributed by atoms with van der Waals surface area (Å²) in [4.78, 5) is 0. The fourth-order valence-corrected chi connectivity index (χ4v) is 0. The Morgan fingerprint density at radius 3 is 1.80 bits per heavy atom. The SMILES string of the molecule is CS(C)=S=S. The van der Waals surface area contributed by atoms with Crippen LogP contribution < -0.4 is 0 Å². The Kier molecular flexibility index (Phi) is 3.47. The summed E-state index contributed by atoms with van der Waals surface area (Å²) in [7, 11) is 1.90. The quantitative estimate of drug-likeness (QED) is 0.450. The molecule has 0 aromatic heterocycles. The molecule has 5 heavy (non-hydrogen) atoms. The van der Waals surface area contributed by atoms with Crippen LogP contribution in [0, 0.1) is 0 Å². The van der Waals surface area contributed by atoms with Crippen LogP contribution in [-0.2, 0) is 29.5 Å². The van der Waals surface area contributed by atoms with Crippen LogP contribution in [0.5, 0.6) is 0 Å². The molecule has 0 fully saturated rings. The normalized spacial score (nSPS) is 8.60. The Morgan fingerprint density at radius 2 is 1.80 bits per heavy atom. The molecule has 0 heterocycles. The average Bonchev–Trinajstić information content (AvgIpc) is 1.38. The van der Waals surface area contributed by atoms with Crippen LogP contribution in [0.1, 0.15) is 0 Å². The van der Waals surface area contributed by atoms with Crippen molar-refractivity contribution in [2.24, 2.45) is 0 Å². The Hall–Kier alpha value is 0.790. The van der Waals surface area contributed by atoms with E-state index in [1.807, 2.05) is 0 Å². The van der Waals surface area contributed by atoms with Gasteiger partial charge < -0.3 is 0 Å². The zero-order chi connectivity index (χ0) is 4.28. The van der Waals surface area contributed by atoms with Crippen molar-refractivity contribution in [3.8, 4) is 0 Å². The van der Waals surface area contributed by atoms with E-state index in [0.717, 1.165) is 0 Å². The van der Waals surface area contributed by atoms with Gasteiger partial charge in [0.25, 0.3) is 0 Å². The van der Waals surface area contributed by atoms with Crippen molar-refractivity contribution in [2.45, 2.75) is 0 Å². The molecule has 0 radical (unpaired) electrons. The lowest BCUT2D eigenvalue weighted by molar-refractivity contribution is 2.35. The van der Waals surface area contributed by atoms with Crippen LogP contribution in [0.15, 0.2) is 0 Å². The summed E-state index contributed by atoms with van der Waals surface area (Å²) in [6, 6.07) is 0. The zero-order valence-electron chi connectivity index (χ0n) is 3.22. The maximum absolute atomic E-state index is 4.60. The molecule has 0 rings (SSSR count). The Labute approximate surface area is 42.4 Å². The monoisotopic (exact) mass is 126 g/mol. The van der Waals surface area contributed by atoms with Crippen molar-refractivity contribution in [3.05, 3.63) is 0 Å². The highest BCUT2D eigenvalue weighted by Gasteiger charge is 1.55. The molecule has 0 aliphatic heterocycles. The van der Waals surface area contributed by atoms with Gasteiger partial charge in [-0.15, -0.1) is 9.45 Å². The lowest BCUT2D eigenvalue weighted by Crippen LogP contribution is -1.70. The minimum absolute atomic E-state index is 0.409. The summed E-state index contributed by atoms with van der Waals surface area (Å²) in [6.07, 6.45) is 4.22. The van der Waals surface area contributed by atoms with Gasteiger partial charge >= 0.3 is 0 Å². The molecule has 0 aromatic carbocycles. The molecule has 3 heteroatoms. The molecule has 0 aliphatic carbocycles. The van der Waals surface area contributed by atoms with E-state index in [9.17, 15) is 0 Å². The second-order valence-electron chi connectivity index (χ2n) is 0.810. The molecule has 0 aliphatic rings. The van der Waals surface area contributed by atoms with E-state index in [1.165, 1.54) is 8.88 Å². The van der Waals surface area contributed by atoms with Crippen LogP contribution in [0.4, 0.5) is 0 Å². The number of rotatable bonds is 0. The first-order valence-electron chi connectivity index (χ1n) is 1.15. The van der Waals surface area contributed by atoms with Gasteiger partial charge in [-0.1, -0.05) is 0 Å². The van der Waals surface area contributed by atoms with E-state index in [2.05, 4.69) is 23.7 Å². The summed E-state index contributed by atoms with van der Waals surface area (Å²) in [5.41, 5.74) is 0. The van der Waals surface area contributed by atoms with Crippen LogP contribution in [0.25, 0.3) is 0 Å². The first-order valence-corrected chi connectivity index (χ1v) is 5.45. The first-order chi connectivity index (χ1) is 2.27. The average molecular weight is 126 g/mol. The Bertz CT molecular complexity index is 65.0. The van der Waals surface area contributed by atoms with Gasteiger partial charge in [-0.05, 0) is 32.6 Å². The van der Waals surface area contributed by atoms with Crippen LogP contribution >= 0.6 is 0 Å². The second-order valence-corrected chi connectivity index (χ2v) is 6.06. The fourth-order valence-electron chi connectivity index (χ4n) is 0. The highest BCUT2D eigenvalue weighted by molar-refractivity contribution is 8.48. The van der Waals surface area contributed by atoms with E-state index < -0.39 is 0 Å².